The van der Waals surface area contributed by atoms with E-state index in [4.69, 9.17) is 20.3 Å². The van der Waals surface area contributed by atoms with Gasteiger partial charge in [0.05, 0.1) is 13.2 Å². The van der Waals surface area contributed by atoms with Crippen LogP contribution in [0.3, 0.4) is 0 Å². The molecule has 1 rings (SSSR count). The summed E-state index contributed by atoms with van der Waals surface area (Å²) in [5.74, 6) is 0.563. The van der Waals surface area contributed by atoms with Gasteiger partial charge in [0.25, 0.3) is 0 Å². The van der Waals surface area contributed by atoms with Crippen molar-refractivity contribution < 1.29 is 19.4 Å². The summed E-state index contributed by atoms with van der Waals surface area (Å²) >= 11 is 0. The molecule has 0 aromatic heterocycles. The van der Waals surface area contributed by atoms with Gasteiger partial charge in [-0.25, -0.2) is 0 Å². The van der Waals surface area contributed by atoms with Crippen LogP contribution in [-0.4, -0.2) is 37.4 Å². The largest absolute Gasteiger partial charge is 0.489 e. The highest BCUT2D eigenvalue weighted by Gasteiger charge is 2.03. The summed E-state index contributed by atoms with van der Waals surface area (Å²) in [4.78, 5) is 10.5. The van der Waals surface area contributed by atoms with Crippen molar-refractivity contribution in [2.45, 2.75) is 6.23 Å². The Morgan fingerprint density at radius 3 is 3.00 bits per heavy atom. The van der Waals surface area contributed by atoms with E-state index in [0.29, 0.717) is 11.3 Å². The maximum absolute atomic E-state index is 10.5. The summed E-state index contributed by atoms with van der Waals surface area (Å²) in [6.07, 6.45) is 0.154. The van der Waals surface area contributed by atoms with Crippen molar-refractivity contribution in [1.29, 1.82) is 0 Å². The second kappa shape index (κ2) is 6.95. The summed E-state index contributed by atoms with van der Waals surface area (Å²) in [6.45, 7) is 0.273. The van der Waals surface area contributed by atoms with E-state index in [1.165, 1.54) is 0 Å². The third kappa shape index (κ3) is 4.39. The average Bonchev–Trinajstić information content (AvgIpc) is 2.34. The minimum atomic E-state index is -0.591. The molecule has 3 N–H and O–H groups in total. The molecule has 1 aromatic carbocycles. The zero-order chi connectivity index (χ0) is 11.8. The Kier molecular flexibility index (Phi) is 5.49. The van der Waals surface area contributed by atoms with Crippen LogP contribution in [0.4, 0.5) is 0 Å². The van der Waals surface area contributed by atoms with Crippen LogP contribution < -0.4 is 10.5 Å². The van der Waals surface area contributed by atoms with Crippen LogP contribution in [0.1, 0.15) is 10.4 Å². The molecule has 1 atom stereocenters. The molecule has 0 aliphatic heterocycles. The highest BCUT2D eigenvalue weighted by atomic mass is 16.5. The molecule has 0 spiro atoms. The number of hydrogen-bond donors (Lipinski definition) is 2. The minimum Gasteiger partial charge on any atom is -0.489 e. The number of ether oxygens (including phenoxy) is 2. The normalized spacial score (nSPS) is 12.1. The number of rotatable bonds is 7. The lowest BCUT2D eigenvalue weighted by atomic mass is 10.2. The van der Waals surface area contributed by atoms with Crippen LogP contribution in [0, 0.1) is 0 Å². The van der Waals surface area contributed by atoms with Crippen LogP contribution >= 0.6 is 0 Å². The summed E-state index contributed by atoms with van der Waals surface area (Å²) in [7, 11) is 0. The van der Waals surface area contributed by atoms with Gasteiger partial charge in [0.2, 0.25) is 0 Å². The number of aliphatic hydroxyl groups excluding tert-OH is 1. The number of benzene rings is 1. The molecular formula is C11H15NO4. The van der Waals surface area contributed by atoms with Gasteiger partial charge in [-0.15, -0.1) is 0 Å². The molecule has 0 fully saturated rings. The van der Waals surface area contributed by atoms with E-state index in [2.05, 4.69) is 0 Å². The molecule has 5 nitrogen and oxygen atoms in total. The monoisotopic (exact) mass is 225 g/mol. The topological polar surface area (TPSA) is 81.8 Å². The Morgan fingerprint density at radius 2 is 2.31 bits per heavy atom. The molecule has 1 aromatic rings. The van der Waals surface area contributed by atoms with Crippen molar-refractivity contribution in [3.05, 3.63) is 29.8 Å². The van der Waals surface area contributed by atoms with Gasteiger partial charge in [-0.2, -0.15) is 0 Å². The van der Waals surface area contributed by atoms with Gasteiger partial charge >= 0.3 is 0 Å². The molecule has 0 radical (unpaired) electrons. The molecular weight excluding hydrogens is 210 g/mol. The molecule has 1 unspecified atom stereocenters. The van der Waals surface area contributed by atoms with Crippen LogP contribution in [-0.2, 0) is 4.74 Å². The predicted octanol–water partition coefficient (Wildman–Crippen LogP) is 0.172. The standard InChI is InChI=1S/C11H15NO4/c12-11(15-5-4-13)8-16-10-3-1-2-9(6-10)7-14/h1-3,6-7,11,13H,4-5,8,12H2. The van der Waals surface area contributed by atoms with E-state index in [0.717, 1.165) is 6.29 Å². The maximum Gasteiger partial charge on any atom is 0.150 e. The van der Waals surface area contributed by atoms with E-state index in [1.807, 2.05) is 0 Å². The van der Waals surface area contributed by atoms with Gasteiger partial charge in [-0.3, -0.25) is 4.79 Å². The van der Waals surface area contributed by atoms with Crippen molar-refractivity contribution in [3.63, 3.8) is 0 Å². The lowest BCUT2D eigenvalue weighted by Crippen LogP contribution is -2.31. The number of aliphatic hydroxyl groups is 1. The Labute approximate surface area is 93.8 Å². The molecule has 5 heteroatoms. The Balaban J connectivity index is 2.38. The maximum atomic E-state index is 10.5. The second-order valence-electron chi connectivity index (χ2n) is 3.13. The van der Waals surface area contributed by atoms with Crippen LogP contribution in [0.5, 0.6) is 5.75 Å². The van der Waals surface area contributed by atoms with Crippen LogP contribution in [0.15, 0.2) is 24.3 Å². The lowest BCUT2D eigenvalue weighted by molar-refractivity contribution is 0.00642. The van der Waals surface area contributed by atoms with Crippen LogP contribution in [0.25, 0.3) is 0 Å². The van der Waals surface area contributed by atoms with E-state index in [-0.39, 0.29) is 19.8 Å². The Morgan fingerprint density at radius 1 is 1.50 bits per heavy atom. The molecule has 16 heavy (non-hydrogen) atoms. The lowest BCUT2D eigenvalue weighted by Gasteiger charge is -2.13. The molecule has 0 amide bonds. The van der Waals surface area contributed by atoms with Crippen LogP contribution in [0.2, 0.25) is 0 Å². The summed E-state index contributed by atoms with van der Waals surface area (Å²) in [6, 6.07) is 6.75. The third-order valence-corrected chi connectivity index (χ3v) is 1.83. The smallest absolute Gasteiger partial charge is 0.150 e. The number of carbonyl (C=O) groups is 1. The summed E-state index contributed by atoms with van der Waals surface area (Å²) in [5.41, 5.74) is 6.09. The molecule has 0 bridgehead atoms. The Bertz CT molecular complexity index is 330. The second-order valence-corrected chi connectivity index (χ2v) is 3.13. The predicted molar refractivity (Wildman–Crippen MR) is 58.3 cm³/mol. The quantitative estimate of drug-likeness (QED) is 0.510. The highest BCUT2D eigenvalue weighted by Crippen LogP contribution is 2.11. The first-order valence-electron chi connectivity index (χ1n) is 4.92. The van der Waals surface area contributed by atoms with Gasteiger partial charge in [0.15, 0.2) is 0 Å². The van der Waals surface area contributed by atoms with Gasteiger partial charge in [0, 0.05) is 5.56 Å². The number of hydrogen-bond acceptors (Lipinski definition) is 5. The van der Waals surface area contributed by atoms with Gasteiger partial charge < -0.3 is 20.3 Å². The molecule has 0 aliphatic carbocycles. The van der Waals surface area contributed by atoms with Crippen molar-refractivity contribution in [3.8, 4) is 5.75 Å². The fourth-order valence-corrected chi connectivity index (χ4v) is 1.11. The first kappa shape index (κ1) is 12.6. The first-order valence-corrected chi connectivity index (χ1v) is 4.92. The minimum absolute atomic E-state index is 0.0751. The van der Waals surface area contributed by atoms with Gasteiger partial charge in [-0.05, 0) is 12.1 Å². The number of aldehydes is 1. The number of nitrogens with two attached hydrogens (primary N) is 1. The fourth-order valence-electron chi connectivity index (χ4n) is 1.11. The molecule has 0 saturated carbocycles. The van der Waals surface area contributed by atoms with E-state index >= 15 is 0 Å². The Hall–Kier alpha value is -1.43. The van der Waals surface area contributed by atoms with E-state index < -0.39 is 6.23 Å². The molecule has 88 valence electrons. The molecule has 0 heterocycles. The highest BCUT2D eigenvalue weighted by molar-refractivity contribution is 5.75. The van der Waals surface area contributed by atoms with Crippen molar-refractivity contribution in [2.24, 2.45) is 5.73 Å². The summed E-state index contributed by atoms with van der Waals surface area (Å²) in [5, 5.41) is 8.51. The van der Waals surface area contributed by atoms with Gasteiger partial charge in [-0.1, -0.05) is 12.1 Å². The van der Waals surface area contributed by atoms with Crippen molar-refractivity contribution >= 4 is 6.29 Å². The molecule has 0 aliphatic rings. The SMILES string of the molecule is NC(COc1cccc(C=O)c1)OCCO. The van der Waals surface area contributed by atoms with E-state index in [9.17, 15) is 4.79 Å². The zero-order valence-corrected chi connectivity index (χ0v) is 8.83. The molecule has 0 saturated heterocycles. The van der Waals surface area contributed by atoms with Crippen molar-refractivity contribution in [1.82, 2.24) is 0 Å². The average molecular weight is 225 g/mol. The van der Waals surface area contributed by atoms with Gasteiger partial charge in [0.1, 0.15) is 24.9 Å². The fraction of sp³-hybridized carbons (Fsp3) is 0.364. The van der Waals surface area contributed by atoms with Crippen molar-refractivity contribution in [2.75, 3.05) is 19.8 Å². The third-order valence-electron chi connectivity index (χ3n) is 1.83. The van der Waals surface area contributed by atoms with E-state index in [1.54, 1.807) is 24.3 Å². The number of carbonyl (C=O) groups excluding carboxylic acids is 1. The first-order chi connectivity index (χ1) is 7.76. The summed E-state index contributed by atoms with van der Waals surface area (Å²) < 4.78 is 10.3. The zero-order valence-electron chi connectivity index (χ0n) is 8.83.